The molecule has 0 saturated heterocycles. The van der Waals surface area contributed by atoms with Gasteiger partial charge < -0.3 is 5.32 Å². The van der Waals surface area contributed by atoms with Crippen LogP contribution in [0.2, 0.25) is 0 Å². The van der Waals surface area contributed by atoms with E-state index in [0.29, 0.717) is 12.1 Å². The number of nitrogens with one attached hydrogen (secondary N) is 1. The van der Waals surface area contributed by atoms with Crippen molar-refractivity contribution >= 4 is 5.91 Å². The fraction of sp³-hybridized carbons (Fsp3) is 0.308. The number of pyridine rings is 1. The van der Waals surface area contributed by atoms with Crippen LogP contribution in [0.5, 0.6) is 0 Å². The molecule has 1 heterocycles. The zero-order valence-corrected chi connectivity index (χ0v) is 17.5. The van der Waals surface area contributed by atoms with Gasteiger partial charge in [-0.1, -0.05) is 29.8 Å². The number of aryl methyl sites for hydroxylation is 3. The van der Waals surface area contributed by atoms with E-state index in [1.54, 1.807) is 0 Å². The van der Waals surface area contributed by atoms with E-state index in [-0.39, 0.29) is 5.91 Å². The second-order valence-corrected chi connectivity index (χ2v) is 8.38. The number of benzene rings is 2. The quantitative estimate of drug-likeness (QED) is 0.605. The Morgan fingerprint density at radius 2 is 1.83 bits per heavy atom. The first-order valence-corrected chi connectivity index (χ1v) is 10.4. The number of hydrogen-bond acceptors (Lipinski definition) is 2. The lowest BCUT2D eigenvalue weighted by Crippen LogP contribution is -2.23. The van der Waals surface area contributed by atoms with Gasteiger partial charge in [0.15, 0.2) is 0 Å². The summed E-state index contributed by atoms with van der Waals surface area (Å²) in [5.74, 6) is 0.761. The van der Waals surface area contributed by atoms with Crippen LogP contribution in [0.15, 0.2) is 54.9 Å². The number of nitrogens with zero attached hydrogens (tertiary/aromatic N) is 1. The lowest BCUT2D eigenvalue weighted by Gasteiger charge is -2.13. The van der Waals surface area contributed by atoms with Crippen molar-refractivity contribution in [1.82, 2.24) is 10.3 Å². The van der Waals surface area contributed by atoms with Gasteiger partial charge in [-0.25, -0.2) is 0 Å². The summed E-state index contributed by atoms with van der Waals surface area (Å²) in [6, 6.07) is 14.5. The number of rotatable bonds is 6. The Bertz CT molecular complexity index is 1050. The molecular formula is C26H28N2O. The predicted molar refractivity (Wildman–Crippen MR) is 118 cm³/mol. The smallest absolute Gasteiger partial charge is 0.251 e. The van der Waals surface area contributed by atoms with Crippen LogP contribution in [0, 0.1) is 26.7 Å². The molecular weight excluding hydrogens is 356 g/mol. The van der Waals surface area contributed by atoms with Crippen LogP contribution in [0.1, 0.15) is 51.0 Å². The van der Waals surface area contributed by atoms with Gasteiger partial charge in [0.1, 0.15) is 0 Å². The molecule has 4 rings (SSSR count). The summed E-state index contributed by atoms with van der Waals surface area (Å²) >= 11 is 0. The highest BCUT2D eigenvalue weighted by Gasteiger charge is 2.23. The summed E-state index contributed by atoms with van der Waals surface area (Å²) in [7, 11) is 0. The van der Waals surface area contributed by atoms with Gasteiger partial charge in [0, 0.05) is 24.5 Å². The van der Waals surface area contributed by atoms with E-state index in [1.165, 1.54) is 35.1 Å². The summed E-state index contributed by atoms with van der Waals surface area (Å²) in [4.78, 5) is 17.2. The second-order valence-electron chi connectivity index (χ2n) is 8.38. The van der Waals surface area contributed by atoms with Crippen molar-refractivity contribution in [2.75, 3.05) is 0 Å². The van der Waals surface area contributed by atoms with Gasteiger partial charge >= 0.3 is 0 Å². The number of carbonyl (C=O) groups excluding carboxylic acids is 1. The first kappa shape index (κ1) is 19.4. The lowest BCUT2D eigenvalue weighted by molar-refractivity contribution is 0.0951. The van der Waals surface area contributed by atoms with Crippen LogP contribution in [-0.2, 0) is 13.0 Å². The maximum Gasteiger partial charge on any atom is 0.251 e. The third-order valence-electron chi connectivity index (χ3n) is 5.70. The Morgan fingerprint density at radius 1 is 1.00 bits per heavy atom. The monoisotopic (exact) mass is 384 g/mol. The molecule has 0 unspecified atom stereocenters. The molecule has 0 aliphatic heterocycles. The lowest BCUT2D eigenvalue weighted by atomic mass is 9.95. The molecule has 2 aromatic carbocycles. The minimum atomic E-state index is -0.0337. The summed E-state index contributed by atoms with van der Waals surface area (Å²) in [5, 5.41) is 3.09. The fourth-order valence-electron chi connectivity index (χ4n) is 3.84. The highest BCUT2D eigenvalue weighted by molar-refractivity contribution is 5.95. The van der Waals surface area contributed by atoms with E-state index in [2.05, 4.69) is 54.5 Å². The molecule has 148 valence electrons. The van der Waals surface area contributed by atoms with Gasteiger partial charge in [-0.15, -0.1) is 0 Å². The highest BCUT2D eigenvalue weighted by Crippen LogP contribution is 2.35. The molecule has 3 aromatic rings. The molecule has 1 aliphatic carbocycles. The zero-order valence-electron chi connectivity index (χ0n) is 17.5. The van der Waals surface area contributed by atoms with E-state index in [9.17, 15) is 4.79 Å². The van der Waals surface area contributed by atoms with Crippen LogP contribution in [0.25, 0.3) is 11.1 Å². The summed E-state index contributed by atoms with van der Waals surface area (Å²) in [5.41, 5.74) is 8.93. The second kappa shape index (κ2) is 8.20. The van der Waals surface area contributed by atoms with Gasteiger partial charge in [0.2, 0.25) is 0 Å². The molecule has 1 fully saturated rings. The maximum absolute atomic E-state index is 12.9. The fourth-order valence-corrected chi connectivity index (χ4v) is 3.84. The Morgan fingerprint density at radius 3 is 2.62 bits per heavy atom. The van der Waals surface area contributed by atoms with E-state index in [1.807, 2.05) is 31.5 Å². The van der Waals surface area contributed by atoms with Crippen molar-refractivity contribution in [3.05, 3.63) is 88.2 Å². The third-order valence-corrected chi connectivity index (χ3v) is 5.70. The molecule has 29 heavy (non-hydrogen) atoms. The van der Waals surface area contributed by atoms with Gasteiger partial charge in [0.25, 0.3) is 5.91 Å². The third kappa shape index (κ3) is 4.73. The van der Waals surface area contributed by atoms with E-state index >= 15 is 0 Å². The average Bonchev–Trinajstić information content (AvgIpc) is 3.52. The Balaban J connectivity index is 1.57. The minimum absolute atomic E-state index is 0.0337. The molecule has 0 spiro atoms. The van der Waals surface area contributed by atoms with E-state index in [0.717, 1.165) is 29.0 Å². The van der Waals surface area contributed by atoms with Crippen LogP contribution < -0.4 is 5.32 Å². The Labute approximate surface area is 173 Å². The van der Waals surface area contributed by atoms with E-state index in [4.69, 9.17) is 0 Å². The largest absolute Gasteiger partial charge is 0.348 e. The van der Waals surface area contributed by atoms with Gasteiger partial charge in [-0.3, -0.25) is 9.78 Å². The molecule has 1 saturated carbocycles. The van der Waals surface area contributed by atoms with E-state index < -0.39 is 0 Å². The number of aromatic nitrogens is 1. The molecule has 0 atom stereocenters. The normalized spacial score (nSPS) is 13.3. The first-order valence-electron chi connectivity index (χ1n) is 10.4. The van der Waals surface area contributed by atoms with Crippen LogP contribution in [-0.4, -0.2) is 10.9 Å². The number of amides is 1. The van der Waals surface area contributed by atoms with Crippen LogP contribution >= 0.6 is 0 Å². The number of carbonyl (C=O) groups is 1. The van der Waals surface area contributed by atoms with Gasteiger partial charge in [0.05, 0.1) is 0 Å². The average molecular weight is 385 g/mol. The standard InChI is InChI=1S/C26H28N2O/c1-17-4-5-19(3)23(10-17)16-28-26(29)22-12-18(2)11-21(14-22)25-8-9-27-15-24(25)13-20-6-7-20/h4-5,8-12,14-15,20H,6-7,13,16H2,1-3H3,(H,28,29). The Kier molecular flexibility index (Phi) is 5.48. The minimum Gasteiger partial charge on any atom is -0.348 e. The van der Waals surface area contributed by atoms with Crippen molar-refractivity contribution < 1.29 is 4.79 Å². The Hall–Kier alpha value is -2.94. The zero-order chi connectivity index (χ0) is 20.4. The molecule has 1 amide bonds. The maximum atomic E-state index is 12.9. The molecule has 1 aromatic heterocycles. The molecule has 1 N–H and O–H groups in total. The SMILES string of the molecule is Cc1cc(C(=O)NCc2cc(C)ccc2C)cc(-c2ccncc2CC2CC2)c1. The molecule has 0 radical (unpaired) electrons. The molecule has 3 heteroatoms. The highest BCUT2D eigenvalue weighted by atomic mass is 16.1. The van der Waals surface area contributed by atoms with Crippen LogP contribution in [0.4, 0.5) is 0 Å². The van der Waals surface area contributed by atoms with Gasteiger partial charge in [-0.05, 0) is 97.5 Å². The summed E-state index contributed by atoms with van der Waals surface area (Å²) in [6.45, 7) is 6.74. The van der Waals surface area contributed by atoms with Crippen LogP contribution in [0.3, 0.4) is 0 Å². The topological polar surface area (TPSA) is 42.0 Å². The molecule has 0 bridgehead atoms. The first-order chi connectivity index (χ1) is 14.0. The van der Waals surface area contributed by atoms with Gasteiger partial charge in [-0.2, -0.15) is 0 Å². The molecule has 3 nitrogen and oxygen atoms in total. The van der Waals surface area contributed by atoms with Crippen molar-refractivity contribution in [2.24, 2.45) is 5.92 Å². The van der Waals surface area contributed by atoms with Crippen molar-refractivity contribution in [2.45, 2.75) is 46.6 Å². The van der Waals surface area contributed by atoms with Crippen molar-refractivity contribution in [3.8, 4) is 11.1 Å². The van der Waals surface area contributed by atoms with Crippen molar-refractivity contribution in [3.63, 3.8) is 0 Å². The summed E-state index contributed by atoms with van der Waals surface area (Å²) < 4.78 is 0. The molecule has 1 aliphatic rings. The predicted octanol–water partition coefficient (Wildman–Crippen LogP) is 5.56. The van der Waals surface area contributed by atoms with Crippen molar-refractivity contribution in [1.29, 1.82) is 0 Å². The summed E-state index contributed by atoms with van der Waals surface area (Å²) in [6.07, 6.45) is 7.53. The number of hydrogen-bond donors (Lipinski definition) is 1.